The fraction of sp³-hybridized carbons (Fsp3) is 0.269. The lowest BCUT2D eigenvalue weighted by atomic mass is 9.83. The monoisotopic (exact) mass is 415 g/mol. The molecule has 2 atom stereocenters. The molecular weight excluding hydrogens is 389 g/mol. The lowest BCUT2D eigenvalue weighted by Crippen LogP contribution is -2.61. The predicted molar refractivity (Wildman–Crippen MR) is 122 cm³/mol. The lowest BCUT2D eigenvalue weighted by Gasteiger charge is -2.49. The van der Waals surface area contributed by atoms with Crippen LogP contribution in [0.25, 0.3) is 0 Å². The van der Waals surface area contributed by atoms with Crippen LogP contribution >= 0.6 is 0 Å². The van der Waals surface area contributed by atoms with Crippen LogP contribution in [-0.4, -0.2) is 31.6 Å². The Morgan fingerprint density at radius 3 is 2.52 bits per heavy atom. The second kappa shape index (κ2) is 8.42. The third-order valence-electron chi connectivity index (χ3n) is 6.49. The molecule has 0 unspecified atom stereocenters. The number of benzene rings is 3. The molecule has 1 saturated heterocycles. The SMILES string of the molecule is O=C(NCc1ccccc1F)[C@H]1Cc2ccccc2N2CCN(c3ccccc3)C[C@@H]12. The first-order chi connectivity index (χ1) is 15.2. The number of carbonyl (C=O) groups excluding carboxylic acids is 1. The molecule has 4 nitrogen and oxygen atoms in total. The Kier molecular flexibility index (Phi) is 5.33. The van der Waals surface area contributed by atoms with Gasteiger partial charge in [-0.05, 0) is 36.2 Å². The van der Waals surface area contributed by atoms with Crippen LogP contribution in [0.3, 0.4) is 0 Å². The summed E-state index contributed by atoms with van der Waals surface area (Å²) >= 11 is 0. The van der Waals surface area contributed by atoms with E-state index in [1.165, 1.54) is 23.0 Å². The van der Waals surface area contributed by atoms with Gasteiger partial charge in [0.25, 0.3) is 0 Å². The number of carbonyl (C=O) groups is 1. The van der Waals surface area contributed by atoms with Crippen LogP contribution in [0.2, 0.25) is 0 Å². The van der Waals surface area contributed by atoms with E-state index in [1.807, 2.05) is 12.1 Å². The van der Waals surface area contributed by atoms with Crippen molar-refractivity contribution >= 4 is 17.3 Å². The Hall–Kier alpha value is -3.34. The molecule has 2 aliphatic rings. The molecule has 3 aromatic rings. The molecule has 0 saturated carbocycles. The Balaban J connectivity index is 1.40. The average Bonchev–Trinajstić information content (AvgIpc) is 2.83. The van der Waals surface area contributed by atoms with E-state index in [2.05, 4.69) is 57.6 Å². The summed E-state index contributed by atoms with van der Waals surface area (Å²) in [4.78, 5) is 18.1. The largest absolute Gasteiger partial charge is 0.368 e. The van der Waals surface area contributed by atoms with Crippen molar-refractivity contribution in [2.24, 2.45) is 5.92 Å². The standard InChI is InChI=1S/C26H26FN3O/c27-23-12-6-4-9-20(23)17-28-26(31)22-16-19-8-5-7-13-24(19)30-15-14-29(18-25(22)30)21-10-2-1-3-11-21/h1-13,22,25H,14-18H2,(H,28,31)/t22-,25-/m0/s1. The summed E-state index contributed by atoms with van der Waals surface area (Å²) in [5.74, 6) is -0.484. The summed E-state index contributed by atoms with van der Waals surface area (Å²) in [6.07, 6.45) is 0.697. The van der Waals surface area contributed by atoms with Gasteiger partial charge in [0, 0.05) is 43.1 Å². The van der Waals surface area contributed by atoms with Gasteiger partial charge in [-0.1, -0.05) is 54.6 Å². The number of hydrogen-bond acceptors (Lipinski definition) is 3. The molecule has 0 bridgehead atoms. The molecule has 2 heterocycles. The first-order valence-corrected chi connectivity index (χ1v) is 10.9. The van der Waals surface area contributed by atoms with Crippen LogP contribution < -0.4 is 15.1 Å². The van der Waals surface area contributed by atoms with Crippen molar-refractivity contribution in [3.63, 3.8) is 0 Å². The number of piperazine rings is 1. The van der Waals surface area contributed by atoms with Gasteiger partial charge < -0.3 is 15.1 Å². The van der Waals surface area contributed by atoms with Crippen molar-refractivity contribution < 1.29 is 9.18 Å². The van der Waals surface area contributed by atoms with Crippen LogP contribution in [0.15, 0.2) is 78.9 Å². The van der Waals surface area contributed by atoms with Gasteiger partial charge in [0.1, 0.15) is 5.82 Å². The van der Waals surface area contributed by atoms with Gasteiger partial charge in [0.15, 0.2) is 0 Å². The fourth-order valence-electron chi connectivity index (χ4n) is 4.89. The second-order valence-corrected chi connectivity index (χ2v) is 8.29. The summed E-state index contributed by atoms with van der Waals surface area (Å²) in [6, 6.07) is 25.4. The molecule has 1 amide bonds. The van der Waals surface area contributed by atoms with Gasteiger partial charge >= 0.3 is 0 Å². The molecule has 158 valence electrons. The average molecular weight is 416 g/mol. The number of anilines is 2. The van der Waals surface area contributed by atoms with E-state index in [-0.39, 0.29) is 30.2 Å². The smallest absolute Gasteiger partial charge is 0.225 e. The Labute approximate surface area is 182 Å². The van der Waals surface area contributed by atoms with Crippen molar-refractivity contribution in [1.29, 1.82) is 0 Å². The van der Waals surface area contributed by atoms with Crippen molar-refractivity contribution in [3.8, 4) is 0 Å². The van der Waals surface area contributed by atoms with Gasteiger partial charge in [0.05, 0.1) is 12.0 Å². The molecule has 3 aromatic carbocycles. The highest BCUT2D eigenvalue weighted by molar-refractivity contribution is 5.82. The highest BCUT2D eigenvalue weighted by Gasteiger charge is 2.41. The van der Waals surface area contributed by atoms with Gasteiger partial charge in [0.2, 0.25) is 5.91 Å². The number of halogens is 1. The quantitative estimate of drug-likeness (QED) is 0.699. The molecule has 31 heavy (non-hydrogen) atoms. The first-order valence-electron chi connectivity index (χ1n) is 10.9. The predicted octanol–water partition coefficient (Wildman–Crippen LogP) is 4.01. The lowest BCUT2D eigenvalue weighted by molar-refractivity contribution is -0.126. The van der Waals surface area contributed by atoms with E-state index in [4.69, 9.17) is 0 Å². The molecule has 5 heteroatoms. The minimum absolute atomic E-state index is 0.0114. The van der Waals surface area contributed by atoms with Crippen LogP contribution in [0.4, 0.5) is 15.8 Å². The minimum atomic E-state index is -0.286. The van der Waals surface area contributed by atoms with E-state index in [1.54, 1.807) is 18.2 Å². The van der Waals surface area contributed by atoms with E-state index in [9.17, 15) is 9.18 Å². The molecule has 1 N–H and O–H groups in total. The molecule has 2 aliphatic heterocycles. The Morgan fingerprint density at radius 2 is 1.68 bits per heavy atom. The number of fused-ring (bicyclic) bond motifs is 3. The third kappa shape index (κ3) is 3.88. The summed E-state index contributed by atoms with van der Waals surface area (Å²) in [5.41, 5.74) is 4.14. The normalized spacial score (nSPS) is 20.0. The number of para-hydroxylation sites is 2. The zero-order valence-electron chi connectivity index (χ0n) is 17.4. The number of rotatable bonds is 4. The minimum Gasteiger partial charge on any atom is -0.368 e. The topological polar surface area (TPSA) is 35.6 Å². The van der Waals surface area contributed by atoms with E-state index in [0.717, 1.165) is 19.6 Å². The van der Waals surface area contributed by atoms with E-state index in [0.29, 0.717) is 12.0 Å². The number of nitrogens with one attached hydrogen (secondary N) is 1. The Morgan fingerprint density at radius 1 is 0.935 bits per heavy atom. The summed E-state index contributed by atoms with van der Waals surface area (Å²) in [6.45, 7) is 2.78. The molecule has 0 aromatic heterocycles. The maximum atomic E-state index is 14.0. The van der Waals surface area contributed by atoms with Gasteiger partial charge in [-0.25, -0.2) is 4.39 Å². The molecule has 0 aliphatic carbocycles. The van der Waals surface area contributed by atoms with Crippen molar-refractivity contribution in [2.45, 2.75) is 19.0 Å². The summed E-state index contributed by atoms with van der Waals surface area (Å²) < 4.78 is 14.0. The first kappa shape index (κ1) is 19.6. The van der Waals surface area contributed by atoms with Crippen molar-refractivity contribution in [3.05, 3.63) is 95.8 Å². The molecule has 1 fully saturated rings. The van der Waals surface area contributed by atoms with Crippen molar-refractivity contribution in [2.75, 3.05) is 29.4 Å². The maximum absolute atomic E-state index is 14.0. The van der Waals surface area contributed by atoms with E-state index < -0.39 is 0 Å². The molecular formula is C26H26FN3O. The van der Waals surface area contributed by atoms with Gasteiger partial charge in [-0.2, -0.15) is 0 Å². The number of hydrogen-bond donors (Lipinski definition) is 1. The van der Waals surface area contributed by atoms with Gasteiger partial charge in [-0.3, -0.25) is 4.79 Å². The van der Waals surface area contributed by atoms with Crippen LogP contribution in [-0.2, 0) is 17.8 Å². The zero-order chi connectivity index (χ0) is 21.2. The number of amides is 1. The fourth-order valence-corrected chi connectivity index (χ4v) is 4.89. The van der Waals surface area contributed by atoms with E-state index >= 15 is 0 Å². The van der Waals surface area contributed by atoms with Gasteiger partial charge in [-0.15, -0.1) is 0 Å². The summed E-state index contributed by atoms with van der Waals surface area (Å²) in [7, 11) is 0. The second-order valence-electron chi connectivity index (χ2n) is 8.29. The zero-order valence-corrected chi connectivity index (χ0v) is 17.4. The molecule has 0 spiro atoms. The molecule has 5 rings (SSSR count). The molecule has 0 radical (unpaired) electrons. The Bertz CT molecular complexity index is 1070. The van der Waals surface area contributed by atoms with Crippen LogP contribution in [0.1, 0.15) is 11.1 Å². The highest BCUT2D eigenvalue weighted by Crippen LogP contribution is 2.36. The number of nitrogens with zero attached hydrogens (tertiary/aromatic N) is 2. The van der Waals surface area contributed by atoms with Crippen molar-refractivity contribution in [1.82, 2.24) is 5.32 Å². The van der Waals surface area contributed by atoms with Crippen LogP contribution in [0.5, 0.6) is 0 Å². The highest BCUT2D eigenvalue weighted by atomic mass is 19.1. The van der Waals surface area contributed by atoms with Crippen LogP contribution in [0, 0.1) is 11.7 Å². The summed E-state index contributed by atoms with van der Waals surface area (Å²) in [5, 5.41) is 3.00. The maximum Gasteiger partial charge on any atom is 0.225 e. The third-order valence-corrected chi connectivity index (χ3v) is 6.49.